The minimum atomic E-state index is -2.49. The van der Waals surface area contributed by atoms with Crippen molar-refractivity contribution in [2.45, 2.75) is 18.8 Å². The first kappa shape index (κ1) is 23.6. The molecule has 2 aromatic carbocycles. The first-order chi connectivity index (χ1) is 15.9. The topological polar surface area (TPSA) is 88.2 Å². The van der Waals surface area contributed by atoms with Crippen molar-refractivity contribution in [2.75, 3.05) is 44.2 Å². The van der Waals surface area contributed by atoms with Crippen molar-refractivity contribution in [3.63, 3.8) is 0 Å². The maximum atomic E-state index is 12.7. The molecule has 3 N–H and O–H groups in total. The van der Waals surface area contributed by atoms with Crippen LogP contribution in [0.3, 0.4) is 0 Å². The van der Waals surface area contributed by atoms with Gasteiger partial charge in [-0.05, 0) is 68.9 Å². The van der Waals surface area contributed by atoms with Gasteiger partial charge in [0.15, 0.2) is 5.82 Å². The molecular formula is C24H29ClN5O2P. The van der Waals surface area contributed by atoms with Crippen LogP contribution in [0, 0.1) is 0 Å². The molecule has 0 spiro atoms. The highest BCUT2D eigenvalue weighted by atomic mass is 35.5. The number of ether oxygens (including phenoxy) is 1. The molecule has 174 valence electrons. The summed E-state index contributed by atoms with van der Waals surface area (Å²) in [6, 6.07) is 13.6. The Morgan fingerprint density at radius 2 is 1.79 bits per heavy atom. The van der Waals surface area contributed by atoms with E-state index in [4.69, 9.17) is 16.3 Å². The number of benzene rings is 2. The molecule has 33 heavy (non-hydrogen) atoms. The van der Waals surface area contributed by atoms with Crippen LogP contribution in [0.1, 0.15) is 24.3 Å². The van der Waals surface area contributed by atoms with Crippen LogP contribution in [-0.2, 0) is 4.57 Å². The Morgan fingerprint density at radius 3 is 2.52 bits per heavy atom. The van der Waals surface area contributed by atoms with Gasteiger partial charge >= 0.3 is 0 Å². The van der Waals surface area contributed by atoms with E-state index in [0.717, 1.165) is 42.7 Å². The Labute approximate surface area is 199 Å². The van der Waals surface area contributed by atoms with E-state index in [-0.39, 0.29) is 0 Å². The van der Waals surface area contributed by atoms with E-state index in [1.807, 2.05) is 36.4 Å². The van der Waals surface area contributed by atoms with Crippen LogP contribution in [0.5, 0.6) is 5.75 Å². The van der Waals surface area contributed by atoms with Crippen LogP contribution in [-0.4, -0.2) is 43.5 Å². The monoisotopic (exact) mass is 485 g/mol. The molecule has 1 aliphatic heterocycles. The van der Waals surface area contributed by atoms with Gasteiger partial charge in [-0.25, -0.2) is 4.98 Å². The molecule has 1 aliphatic rings. The van der Waals surface area contributed by atoms with E-state index in [1.165, 1.54) is 5.56 Å². The zero-order valence-electron chi connectivity index (χ0n) is 19.1. The average Bonchev–Trinajstić information content (AvgIpc) is 2.81. The van der Waals surface area contributed by atoms with Crippen molar-refractivity contribution in [3.8, 4) is 5.75 Å². The maximum Gasteiger partial charge on any atom is 0.229 e. The van der Waals surface area contributed by atoms with Crippen LogP contribution in [0.25, 0.3) is 0 Å². The number of halogens is 1. The number of nitrogens with zero attached hydrogens (tertiary/aromatic N) is 2. The summed E-state index contributed by atoms with van der Waals surface area (Å²) in [5.41, 5.74) is 2.70. The SMILES string of the molecule is COc1c(Nc2ncc(Cl)c(Nc3ccccc3P(C)(C)=O)n2)cccc1C1CCNCC1. The number of anilines is 4. The molecule has 1 aromatic heterocycles. The fraction of sp³-hybridized carbons (Fsp3) is 0.333. The lowest BCUT2D eigenvalue weighted by Gasteiger charge is -2.25. The number of nitrogens with one attached hydrogen (secondary N) is 3. The summed E-state index contributed by atoms with van der Waals surface area (Å²) in [4.78, 5) is 8.93. The Kier molecular flexibility index (Phi) is 7.23. The second-order valence-electron chi connectivity index (χ2n) is 8.46. The van der Waals surface area contributed by atoms with Gasteiger partial charge < -0.3 is 25.3 Å². The number of rotatable bonds is 7. The molecule has 0 radical (unpaired) electrons. The minimum absolute atomic E-state index is 0.368. The van der Waals surface area contributed by atoms with Gasteiger partial charge in [0.2, 0.25) is 5.95 Å². The summed E-state index contributed by atoms with van der Waals surface area (Å²) in [5.74, 6) is 2.07. The van der Waals surface area contributed by atoms with E-state index >= 15 is 0 Å². The van der Waals surface area contributed by atoms with Gasteiger partial charge in [-0.2, -0.15) is 4.98 Å². The van der Waals surface area contributed by atoms with Crippen molar-refractivity contribution >= 4 is 47.2 Å². The highest BCUT2D eigenvalue weighted by molar-refractivity contribution is 7.70. The lowest BCUT2D eigenvalue weighted by molar-refractivity contribution is 0.393. The van der Waals surface area contributed by atoms with Gasteiger partial charge in [0.25, 0.3) is 0 Å². The first-order valence-corrected chi connectivity index (χ1v) is 13.9. The summed E-state index contributed by atoms with van der Waals surface area (Å²) in [7, 11) is -0.804. The molecule has 1 fully saturated rings. The molecule has 0 aliphatic carbocycles. The van der Waals surface area contributed by atoms with E-state index in [1.54, 1.807) is 26.6 Å². The van der Waals surface area contributed by atoms with Crippen molar-refractivity contribution in [3.05, 3.63) is 59.2 Å². The van der Waals surface area contributed by atoms with Crippen LogP contribution >= 0.6 is 18.7 Å². The molecular weight excluding hydrogens is 457 g/mol. The Morgan fingerprint density at radius 1 is 1.06 bits per heavy atom. The third kappa shape index (κ3) is 5.49. The zero-order valence-corrected chi connectivity index (χ0v) is 20.7. The summed E-state index contributed by atoms with van der Waals surface area (Å²) in [6.45, 7) is 5.49. The molecule has 0 saturated carbocycles. The molecule has 4 rings (SSSR count). The van der Waals surface area contributed by atoms with Crippen LogP contribution in [0.4, 0.5) is 23.1 Å². The predicted molar refractivity (Wildman–Crippen MR) is 137 cm³/mol. The molecule has 0 atom stereocenters. The van der Waals surface area contributed by atoms with E-state index in [9.17, 15) is 4.57 Å². The Balaban J connectivity index is 1.63. The minimum Gasteiger partial charge on any atom is -0.494 e. The number of hydrogen-bond acceptors (Lipinski definition) is 7. The van der Waals surface area contributed by atoms with Crippen LogP contribution in [0.2, 0.25) is 5.02 Å². The standard InChI is InChI=1S/C24H29ClN5O2P/c1-32-22-17(16-11-13-26-14-12-16)7-6-9-20(22)29-24-27-15-18(25)23(30-24)28-19-8-4-5-10-21(19)33(2,3)31/h4-10,15-16,26H,11-14H2,1-3H3,(H2,27,28,29,30). The highest BCUT2D eigenvalue weighted by Gasteiger charge is 2.21. The lowest BCUT2D eigenvalue weighted by atomic mass is 9.89. The zero-order chi connectivity index (χ0) is 23.4. The number of hydrogen-bond donors (Lipinski definition) is 3. The summed E-state index contributed by atoms with van der Waals surface area (Å²) >= 11 is 6.39. The molecule has 3 aromatic rings. The molecule has 7 nitrogen and oxygen atoms in total. The van der Waals surface area contributed by atoms with E-state index < -0.39 is 7.14 Å². The fourth-order valence-electron chi connectivity index (χ4n) is 4.15. The van der Waals surface area contributed by atoms with Gasteiger partial charge in [-0.1, -0.05) is 35.9 Å². The van der Waals surface area contributed by atoms with Crippen LogP contribution < -0.4 is 26.0 Å². The maximum absolute atomic E-state index is 12.7. The number of para-hydroxylation sites is 2. The summed E-state index contributed by atoms with van der Waals surface area (Å²) in [5, 5.41) is 11.0. The second-order valence-corrected chi connectivity index (χ2v) is 12.1. The molecule has 1 saturated heterocycles. The predicted octanol–water partition coefficient (Wildman–Crippen LogP) is 5.34. The van der Waals surface area contributed by atoms with Crippen molar-refractivity contribution in [1.82, 2.24) is 15.3 Å². The van der Waals surface area contributed by atoms with Crippen LogP contribution in [0.15, 0.2) is 48.7 Å². The third-order valence-electron chi connectivity index (χ3n) is 5.76. The number of methoxy groups -OCH3 is 1. The lowest BCUT2D eigenvalue weighted by Crippen LogP contribution is -2.26. The Hall–Kier alpha value is -2.60. The Bertz CT molecular complexity index is 1180. The quantitative estimate of drug-likeness (QED) is 0.389. The normalized spacial score (nSPS) is 14.7. The van der Waals surface area contributed by atoms with Gasteiger partial charge in [0, 0.05) is 5.30 Å². The largest absolute Gasteiger partial charge is 0.494 e. The van der Waals surface area contributed by atoms with E-state index in [2.05, 4.69) is 32.0 Å². The molecule has 2 heterocycles. The number of aromatic nitrogens is 2. The number of piperidine rings is 1. The van der Waals surface area contributed by atoms with Gasteiger partial charge in [0.1, 0.15) is 17.9 Å². The summed E-state index contributed by atoms with van der Waals surface area (Å²) < 4.78 is 18.5. The second kappa shape index (κ2) is 10.1. The molecule has 0 bridgehead atoms. The van der Waals surface area contributed by atoms with Crippen molar-refractivity contribution in [1.29, 1.82) is 0 Å². The van der Waals surface area contributed by atoms with Gasteiger partial charge in [-0.3, -0.25) is 0 Å². The first-order valence-electron chi connectivity index (χ1n) is 11.0. The van der Waals surface area contributed by atoms with Crippen molar-refractivity contribution in [2.24, 2.45) is 0 Å². The van der Waals surface area contributed by atoms with Gasteiger partial charge in [-0.15, -0.1) is 0 Å². The van der Waals surface area contributed by atoms with E-state index in [0.29, 0.717) is 28.4 Å². The molecule has 0 unspecified atom stereocenters. The molecule has 0 amide bonds. The smallest absolute Gasteiger partial charge is 0.229 e. The highest BCUT2D eigenvalue weighted by Crippen LogP contribution is 2.40. The third-order valence-corrected chi connectivity index (χ3v) is 7.58. The summed E-state index contributed by atoms with van der Waals surface area (Å²) in [6.07, 6.45) is 3.69. The van der Waals surface area contributed by atoms with Gasteiger partial charge in [0.05, 0.1) is 24.7 Å². The van der Waals surface area contributed by atoms with Crippen molar-refractivity contribution < 1.29 is 9.30 Å². The molecule has 9 heteroatoms. The average molecular weight is 486 g/mol. The fourth-order valence-corrected chi connectivity index (χ4v) is 5.44.